The van der Waals surface area contributed by atoms with Crippen molar-refractivity contribution in [2.75, 3.05) is 26.3 Å². The van der Waals surface area contributed by atoms with Crippen LogP contribution >= 0.6 is 11.6 Å². The molecule has 186 valence electrons. The maximum absolute atomic E-state index is 11.3. The second-order valence-corrected chi connectivity index (χ2v) is 9.04. The zero-order valence-electron chi connectivity index (χ0n) is 19.6. The number of hydrazone groups is 1. The molecule has 1 atom stereocenters. The number of hydrogen-bond acceptors (Lipinski definition) is 6. The maximum atomic E-state index is 11.3. The largest absolute Gasteiger partial charge is 0.491 e. The Bertz CT molecular complexity index is 1420. The van der Waals surface area contributed by atoms with Crippen molar-refractivity contribution in [3.8, 4) is 11.5 Å². The molecule has 1 aromatic heterocycles. The summed E-state index contributed by atoms with van der Waals surface area (Å²) in [5.41, 5.74) is 6.23. The number of aromatic amines is 1. The quantitative estimate of drug-likeness (QED) is 0.243. The van der Waals surface area contributed by atoms with E-state index in [9.17, 15) is 9.90 Å². The molecular formula is C27H27ClN4O4. The van der Waals surface area contributed by atoms with Crippen LogP contribution in [0.25, 0.3) is 21.8 Å². The van der Waals surface area contributed by atoms with Gasteiger partial charge in [-0.05, 0) is 42.0 Å². The number of fused-ring (bicyclic) bond motifs is 3. The molecule has 0 spiro atoms. The Morgan fingerprint density at radius 2 is 1.89 bits per heavy atom. The highest BCUT2D eigenvalue weighted by Crippen LogP contribution is 2.28. The van der Waals surface area contributed by atoms with Crippen LogP contribution in [0.2, 0.25) is 5.02 Å². The summed E-state index contributed by atoms with van der Waals surface area (Å²) in [6.07, 6.45) is 0.329. The number of hydrogen-bond donors (Lipinski definition) is 4. The normalized spacial score (nSPS) is 14.5. The van der Waals surface area contributed by atoms with Crippen molar-refractivity contribution >= 4 is 45.0 Å². The Hall–Kier alpha value is -3.59. The van der Waals surface area contributed by atoms with Crippen LogP contribution in [-0.4, -0.2) is 54.1 Å². The molecule has 0 fully saturated rings. The van der Waals surface area contributed by atoms with E-state index in [4.69, 9.17) is 21.1 Å². The van der Waals surface area contributed by atoms with Gasteiger partial charge in [-0.2, -0.15) is 5.10 Å². The summed E-state index contributed by atoms with van der Waals surface area (Å²) < 4.78 is 11.5. The number of nitrogens with one attached hydrogen (secondary N) is 3. The first-order chi connectivity index (χ1) is 17.6. The van der Waals surface area contributed by atoms with Gasteiger partial charge in [0.25, 0.3) is 0 Å². The van der Waals surface area contributed by atoms with E-state index < -0.39 is 6.10 Å². The monoisotopic (exact) mass is 506 g/mol. The van der Waals surface area contributed by atoms with Gasteiger partial charge in [0.2, 0.25) is 5.91 Å². The molecule has 1 amide bonds. The predicted molar refractivity (Wildman–Crippen MR) is 141 cm³/mol. The summed E-state index contributed by atoms with van der Waals surface area (Å²) in [6, 6.07) is 19.5. The van der Waals surface area contributed by atoms with E-state index in [1.54, 1.807) is 12.1 Å². The molecule has 4 aromatic rings. The van der Waals surface area contributed by atoms with Gasteiger partial charge in [0.1, 0.15) is 30.8 Å². The summed E-state index contributed by atoms with van der Waals surface area (Å²) in [7, 11) is 0. The van der Waals surface area contributed by atoms with E-state index in [0.717, 1.165) is 27.7 Å². The van der Waals surface area contributed by atoms with Gasteiger partial charge >= 0.3 is 0 Å². The van der Waals surface area contributed by atoms with Crippen LogP contribution in [0.5, 0.6) is 11.5 Å². The van der Waals surface area contributed by atoms with Crippen molar-refractivity contribution in [1.82, 2.24) is 15.7 Å². The van der Waals surface area contributed by atoms with Crippen molar-refractivity contribution in [3.63, 3.8) is 0 Å². The molecule has 0 radical (unpaired) electrons. The molecule has 4 N–H and O–H groups in total. The second kappa shape index (κ2) is 11.0. The van der Waals surface area contributed by atoms with Gasteiger partial charge in [0.05, 0.1) is 16.3 Å². The van der Waals surface area contributed by atoms with E-state index in [0.29, 0.717) is 49.1 Å². The standard InChI is InChI=1S/C27H27ClN4O4/c28-22-13-17(23-8-10-27(34)32-31-23)5-9-26(22)35-12-11-29-15-18(33)16-36-19-6-7-21-20-3-1-2-4-24(20)30-25(21)14-19/h1-7,9,13-14,18,29-30,33H,8,10-12,15-16H2,(H,32,34). The van der Waals surface area contributed by atoms with E-state index in [2.05, 4.69) is 26.9 Å². The molecular weight excluding hydrogens is 480 g/mol. The lowest BCUT2D eigenvalue weighted by Gasteiger charge is -2.15. The minimum Gasteiger partial charge on any atom is -0.491 e. The Morgan fingerprint density at radius 1 is 1.03 bits per heavy atom. The second-order valence-electron chi connectivity index (χ2n) is 8.63. The Morgan fingerprint density at radius 3 is 2.72 bits per heavy atom. The lowest BCUT2D eigenvalue weighted by Crippen LogP contribution is -2.33. The molecule has 1 aliphatic heterocycles. The Kier molecular flexibility index (Phi) is 7.36. The van der Waals surface area contributed by atoms with Crippen molar-refractivity contribution in [3.05, 3.63) is 71.2 Å². The van der Waals surface area contributed by atoms with Crippen molar-refractivity contribution < 1.29 is 19.4 Å². The highest BCUT2D eigenvalue weighted by molar-refractivity contribution is 6.32. The highest BCUT2D eigenvalue weighted by atomic mass is 35.5. The molecule has 0 aliphatic carbocycles. The lowest BCUT2D eigenvalue weighted by atomic mass is 10.0. The number of nitrogens with zero attached hydrogens (tertiary/aromatic N) is 1. The number of ether oxygens (including phenoxy) is 2. The predicted octanol–water partition coefficient (Wildman–Crippen LogP) is 4.00. The summed E-state index contributed by atoms with van der Waals surface area (Å²) >= 11 is 6.35. The Balaban J connectivity index is 1.04. The number of amides is 1. The van der Waals surface area contributed by atoms with Crippen LogP contribution in [0, 0.1) is 0 Å². The molecule has 0 saturated heterocycles. The van der Waals surface area contributed by atoms with Crippen molar-refractivity contribution in [2.45, 2.75) is 18.9 Å². The zero-order valence-corrected chi connectivity index (χ0v) is 20.3. The third-order valence-corrected chi connectivity index (χ3v) is 6.30. The number of para-hydroxylation sites is 1. The smallest absolute Gasteiger partial charge is 0.240 e. The fraction of sp³-hybridized carbons (Fsp3) is 0.259. The van der Waals surface area contributed by atoms with Crippen molar-refractivity contribution in [2.24, 2.45) is 5.10 Å². The lowest BCUT2D eigenvalue weighted by molar-refractivity contribution is -0.121. The molecule has 36 heavy (non-hydrogen) atoms. The summed E-state index contributed by atoms with van der Waals surface area (Å²) in [4.78, 5) is 14.6. The minimum absolute atomic E-state index is 0.0826. The van der Waals surface area contributed by atoms with Crippen LogP contribution < -0.4 is 20.2 Å². The van der Waals surface area contributed by atoms with E-state index >= 15 is 0 Å². The molecule has 8 nitrogen and oxygen atoms in total. The van der Waals surface area contributed by atoms with E-state index in [1.165, 1.54) is 5.39 Å². The van der Waals surface area contributed by atoms with Gasteiger partial charge in [0, 0.05) is 48.3 Å². The van der Waals surface area contributed by atoms with Gasteiger partial charge in [-0.15, -0.1) is 0 Å². The topological polar surface area (TPSA) is 108 Å². The van der Waals surface area contributed by atoms with Gasteiger partial charge < -0.3 is 24.9 Å². The van der Waals surface area contributed by atoms with Crippen LogP contribution in [0.1, 0.15) is 18.4 Å². The van der Waals surface area contributed by atoms with Crippen LogP contribution in [0.4, 0.5) is 0 Å². The Labute approximate surface area is 213 Å². The maximum Gasteiger partial charge on any atom is 0.240 e. The molecule has 2 heterocycles. The number of H-pyrrole nitrogens is 1. The van der Waals surface area contributed by atoms with Gasteiger partial charge in [-0.1, -0.05) is 29.8 Å². The number of halogens is 1. The average molecular weight is 507 g/mol. The van der Waals surface area contributed by atoms with Gasteiger partial charge in [-0.25, -0.2) is 5.43 Å². The number of benzene rings is 3. The third kappa shape index (κ3) is 5.62. The molecule has 0 bridgehead atoms. The molecule has 1 aliphatic rings. The summed E-state index contributed by atoms with van der Waals surface area (Å²) in [5.74, 6) is 1.19. The number of rotatable bonds is 10. The summed E-state index contributed by atoms with van der Waals surface area (Å²) in [5, 5.41) is 20.3. The first kappa shape index (κ1) is 24.1. The molecule has 9 heteroatoms. The first-order valence-corrected chi connectivity index (χ1v) is 12.2. The SMILES string of the molecule is O=C1CCC(c2ccc(OCCNCC(O)COc3ccc4c(c3)[nH]c3ccccc34)c(Cl)c2)=NN1. The van der Waals surface area contributed by atoms with E-state index in [-0.39, 0.29) is 12.5 Å². The van der Waals surface area contributed by atoms with Gasteiger partial charge in [-0.3, -0.25) is 4.79 Å². The highest BCUT2D eigenvalue weighted by Gasteiger charge is 2.15. The number of aliphatic hydroxyl groups excluding tert-OH is 1. The third-order valence-electron chi connectivity index (χ3n) is 6.01. The number of aromatic nitrogens is 1. The fourth-order valence-corrected chi connectivity index (χ4v) is 4.39. The zero-order chi connectivity index (χ0) is 24.9. The number of carbonyl (C=O) groups excluding carboxylic acids is 1. The van der Waals surface area contributed by atoms with Crippen LogP contribution in [0.3, 0.4) is 0 Å². The van der Waals surface area contributed by atoms with Gasteiger partial charge in [0.15, 0.2) is 0 Å². The van der Waals surface area contributed by atoms with E-state index in [1.807, 2.05) is 42.5 Å². The molecule has 5 rings (SSSR count). The number of carbonyl (C=O) groups is 1. The number of aliphatic hydroxyl groups is 1. The molecule has 1 unspecified atom stereocenters. The summed E-state index contributed by atoms with van der Waals surface area (Å²) in [6.45, 7) is 1.48. The van der Waals surface area contributed by atoms with Crippen LogP contribution in [-0.2, 0) is 4.79 Å². The fourth-order valence-electron chi connectivity index (χ4n) is 4.16. The average Bonchev–Trinajstić information content (AvgIpc) is 3.26. The first-order valence-electron chi connectivity index (χ1n) is 11.9. The molecule has 3 aromatic carbocycles. The molecule has 0 saturated carbocycles. The van der Waals surface area contributed by atoms with Crippen molar-refractivity contribution in [1.29, 1.82) is 0 Å². The minimum atomic E-state index is -0.664. The van der Waals surface area contributed by atoms with Crippen LogP contribution in [0.15, 0.2) is 65.8 Å².